The van der Waals surface area contributed by atoms with E-state index in [0.717, 1.165) is 40.3 Å². The third kappa shape index (κ3) is 1.76. The summed E-state index contributed by atoms with van der Waals surface area (Å²) in [5, 5.41) is 0.714. The van der Waals surface area contributed by atoms with Gasteiger partial charge in [0, 0.05) is 10.4 Å². The Labute approximate surface area is 122 Å². The lowest BCUT2D eigenvalue weighted by molar-refractivity contribution is 0.614. The SMILES string of the molecule is Nc1c(Br)c(Br)c2c3c1N=C(Cl)C(CCC2)C3. The van der Waals surface area contributed by atoms with Gasteiger partial charge in [-0.25, -0.2) is 4.99 Å². The van der Waals surface area contributed by atoms with Crippen molar-refractivity contribution in [1.29, 1.82) is 0 Å². The monoisotopic (exact) mass is 376 g/mol. The molecule has 0 saturated carbocycles. The van der Waals surface area contributed by atoms with E-state index in [1.807, 2.05) is 0 Å². The van der Waals surface area contributed by atoms with Gasteiger partial charge in [0.05, 0.1) is 15.8 Å². The molecule has 3 rings (SSSR count). The van der Waals surface area contributed by atoms with Gasteiger partial charge < -0.3 is 5.73 Å². The first-order valence-corrected chi connectivity index (χ1v) is 7.58. The number of nitrogens with zero attached hydrogens (tertiary/aromatic N) is 1. The van der Waals surface area contributed by atoms with Crippen molar-refractivity contribution >= 4 is 60.0 Å². The summed E-state index contributed by atoms with van der Waals surface area (Å²) in [5.74, 6) is 0.387. The zero-order chi connectivity index (χ0) is 12.2. The Balaban J connectivity index is 2.35. The van der Waals surface area contributed by atoms with Crippen LogP contribution in [0.2, 0.25) is 0 Å². The third-order valence-corrected chi connectivity index (χ3v) is 6.21. The molecule has 0 fully saturated rings. The van der Waals surface area contributed by atoms with Crippen LogP contribution in [0.25, 0.3) is 0 Å². The Morgan fingerprint density at radius 2 is 2.00 bits per heavy atom. The number of hydrogen-bond donors (Lipinski definition) is 1. The molecule has 1 aliphatic heterocycles. The molecule has 1 heterocycles. The smallest absolute Gasteiger partial charge is 0.110 e. The minimum Gasteiger partial charge on any atom is -0.396 e. The molecule has 0 spiro atoms. The number of aliphatic imine (C=N–C) groups is 1. The number of rotatable bonds is 0. The fourth-order valence-electron chi connectivity index (χ4n) is 2.68. The molecule has 0 saturated heterocycles. The summed E-state index contributed by atoms with van der Waals surface area (Å²) in [6.07, 6.45) is 4.30. The van der Waals surface area contributed by atoms with Crippen molar-refractivity contribution in [2.75, 3.05) is 5.73 Å². The molecule has 5 heteroatoms. The summed E-state index contributed by atoms with van der Waals surface area (Å²) in [5.41, 5.74) is 10.3. The highest BCUT2D eigenvalue weighted by molar-refractivity contribution is 9.13. The summed E-state index contributed by atoms with van der Waals surface area (Å²) in [7, 11) is 0. The largest absolute Gasteiger partial charge is 0.396 e. The molecule has 2 nitrogen and oxygen atoms in total. The quantitative estimate of drug-likeness (QED) is 0.660. The maximum atomic E-state index is 6.24. The second-order valence-corrected chi connectivity index (χ2v) is 6.55. The van der Waals surface area contributed by atoms with Gasteiger partial charge in [-0.3, -0.25) is 0 Å². The average molecular weight is 378 g/mol. The number of hydrogen-bond acceptors (Lipinski definition) is 2. The predicted octanol–water partition coefficient (Wildman–Crippen LogP) is 4.57. The molecule has 2 aliphatic rings. The van der Waals surface area contributed by atoms with E-state index >= 15 is 0 Å². The Hall–Kier alpha value is -0.0600. The molecule has 1 aromatic rings. The van der Waals surface area contributed by atoms with Crippen molar-refractivity contribution in [2.45, 2.75) is 25.7 Å². The lowest BCUT2D eigenvalue weighted by Gasteiger charge is -2.23. The van der Waals surface area contributed by atoms with Gasteiger partial charge in [-0.05, 0) is 68.7 Å². The molecular weight excluding hydrogens is 367 g/mol. The van der Waals surface area contributed by atoms with Gasteiger partial charge in [-0.15, -0.1) is 0 Å². The van der Waals surface area contributed by atoms with Gasteiger partial charge in [-0.2, -0.15) is 0 Å². The van der Waals surface area contributed by atoms with E-state index in [2.05, 4.69) is 36.9 Å². The lowest BCUT2D eigenvalue weighted by atomic mass is 9.93. The number of halogens is 3. The fourth-order valence-corrected chi connectivity index (χ4v) is 4.02. The summed E-state index contributed by atoms with van der Waals surface area (Å²) >= 11 is 13.4. The second-order valence-electron chi connectivity index (χ2n) is 4.58. The lowest BCUT2D eigenvalue weighted by Crippen LogP contribution is -2.16. The third-order valence-electron chi connectivity index (χ3n) is 3.58. The van der Waals surface area contributed by atoms with Crippen molar-refractivity contribution in [3.63, 3.8) is 0 Å². The van der Waals surface area contributed by atoms with Gasteiger partial charge in [0.1, 0.15) is 5.17 Å². The van der Waals surface area contributed by atoms with Crippen LogP contribution in [0.3, 0.4) is 0 Å². The van der Waals surface area contributed by atoms with Crippen LogP contribution in [0.5, 0.6) is 0 Å². The van der Waals surface area contributed by atoms with Crippen LogP contribution in [0.15, 0.2) is 13.9 Å². The van der Waals surface area contributed by atoms with Crippen molar-refractivity contribution in [3.05, 3.63) is 20.1 Å². The Morgan fingerprint density at radius 1 is 1.24 bits per heavy atom. The maximum Gasteiger partial charge on any atom is 0.110 e. The van der Waals surface area contributed by atoms with Crippen LogP contribution in [-0.4, -0.2) is 5.17 Å². The molecule has 90 valence electrons. The van der Waals surface area contributed by atoms with Crippen LogP contribution in [0, 0.1) is 5.92 Å². The van der Waals surface area contributed by atoms with Crippen molar-refractivity contribution < 1.29 is 0 Å². The van der Waals surface area contributed by atoms with Gasteiger partial charge in [0.25, 0.3) is 0 Å². The Bertz CT molecular complexity index is 540. The van der Waals surface area contributed by atoms with Crippen LogP contribution in [0.4, 0.5) is 11.4 Å². The zero-order valence-electron chi connectivity index (χ0n) is 9.06. The van der Waals surface area contributed by atoms with Gasteiger partial charge in [0.2, 0.25) is 0 Å². The number of anilines is 1. The Kier molecular flexibility index (Phi) is 3.00. The van der Waals surface area contributed by atoms with Crippen molar-refractivity contribution in [2.24, 2.45) is 10.9 Å². The van der Waals surface area contributed by atoms with E-state index in [9.17, 15) is 0 Å². The number of nitrogen functional groups attached to an aromatic ring is 1. The van der Waals surface area contributed by atoms with Crippen LogP contribution in [-0.2, 0) is 12.8 Å². The van der Waals surface area contributed by atoms with Crippen molar-refractivity contribution in [3.8, 4) is 0 Å². The summed E-state index contributed by atoms with van der Waals surface area (Å²) in [4.78, 5) is 4.51. The van der Waals surface area contributed by atoms with Crippen LogP contribution < -0.4 is 5.73 Å². The standard InChI is InChI=1S/C12H11Br2ClN2/c13-8-6-3-1-2-5-4-7(6)11(17-12(5)15)10(16)9(8)14/h5H,1-4,16H2. The van der Waals surface area contributed by atoms with E-state index in [1.165, 1.54) is 11.1 Å². The average Bonchev–Trinajstić information content (AvgIpc) is 2.51. The minimum absolute atomic E-state index is 0.387. The highest BCUT2D eigenvalue weighted by atomic mass is 79.9. The van der Waals surface area contributed by atoms with Crippen LogP contribution in [0.1, 0.15) is 24.0 Å². The summed E-state index contributed by atoms with van der Waals surface area (Å²) < 4.78 is 1.99. The van der Waals surface area contributed by atoms with Gasteiger partial charge in [0.15, 0.2) is 0 Å². The molecule has 0 amide bonds. The van der Waals surface area contributed by atoms with E-state index in [1.54, 1.807) is 0 Å². The first-order chi connectivity index (χ1) is 8.09. The first-order valence-electron chi connectivity index (χ1n) is 5.62. The molecule has 1 aliphatic carbocycles. The van der Waals surface area contributed by atoms with Gasteiger partial charge >= 0.3 is 0 Å². The number of benzene rings is 1. The zero-order valence-corrected chi connectivity index (χ0v) is 13.0. The number of nitrogens with two attached hydrogens (primary N) is 1. The van der Waals surface area contributed by atoms with Crippen molar-refractivity contribution in [1.82, 2.24) is 0 Å². The molecule has 17 heavy (non-hydrogen) atoms. The van der Waals surface area contributed by atoms with Gasteiger partial charge in [-0.1, -0.05) is 11.6 Å². The van der Waals surface area contributed by atoms with E-state index < -0.39 is 0 Å². The highest BCUT2D eigenvalue weighted by Crippen LogP contribution is 2.48. The van der Waals surface area contributed by atoms with Crippen LogP contribution >= 0.6 is 43.5 Å². The molecule has 0 radical (unpaired) electrons. The molecule has 2 N–H and O–H groups in total. The molecular formula is C12H11Br2ClN2. The predicted molar refractivity (Wildman–Crippen MR) is 79.3 cm³/mol. The van der Waals surface area contributed by atoms with E-state index in [-0.39, 0.29) is 0 Å². The topological polar surface area (TPSA) is 38.4 Å². The summed E-state index contributed by atoms with van der Waals surface area (Å²) in [6, 6.07) is 0. The maximum absolute atomic E-state index is 6.24. The minimum atomic E-state index is 0.387. The van der Waals surface area contributed by atoms with E-state index in [4.69, 9.17) is 17.3 Å². The molecule has 1 aromatic carbocycles. The fraction of sp³-hybridized carbons (Fsp3) is 0.417. The first kappa shape index (κ1) is 12.0. The normalized spacial score (nSPS) is 22.1. The summed E-state index contributed by atoms with van der Waals surface area (Å²) in [6.45, 7) is 0. The molecule has 2 bridgehead atoms. The second kappa shape index (κ2) is 4.25. The Morgan fingerprint density at radius 3 is 2.76 bits per heavy atom. The highest BCUT2D eigenvalue weighted by Gasteiger charge is 2.30. The van der Waals surface area contributed by atoms with E-state index in [0.29, 0.717) is 16.8 Å². The molecule has 0 aromatic heterocycles. The molecule has 1 unspecified atom stereocenters. The number of fused-ring (bicyclic) bond motifs is 1. The molecule has 1 atom stereocenters.